The molecule has 9 heavy (non-hydrogen) atoms. The first kappa shape index (κ1) is 8.66. The van der Waals surface area contributed by atoms with Crippen LogP contribution in [0.2, 0.25) is 0 Å². The smallest absolute Gasteiger partial charge is 0.173 e. The SMILES string of the molecule is C=C[C@H](O)OCCCC. The Balaban J connectivity index is 2.96. The Morgan fingerprint density at radius 2 is 2.44 bits per heavy atom. The van der Waals surface area contributed by atoms with Gasteiger partial charge in [0.1, 0.15) is 0 Å². The van der Waals surface area contributed by atoms with Gasteiger partial charge < -0.3 is 9.84 Å². The summed E-state index contributed by atoms with van der Waals surface area (Å²) < 4.78 is 4.87. The van der Waals surface area contributed by atoms with Gasteiger partial charge >= 0.3 is 0 Å². The lowest BCUT2D eigenvalue weighted by molar-refractivity contribution is -0.0645. The Labute approximate surface area is 56.1 Å². The Kier molecular flexibility index (Phi) is 5.57. The molecule has 54 valence electrons. The van der Waals surface area contributed by atoms with Gasteiger partial charge in [-0.3, -0.25) is 0 Å². The number of rotatable bonds is 5. The molecule has 0 fully saturated rings. The Morgan fingerprint density at radius 1 is 1.78 bits per heavy atom. The predicted molar refractivity (Wildman–Crippen MR) is 37.1 cm³/mol. The second-order valence-electron chi connectivity index (χ2n) is 1.85. The zero-order valence-electron chi connectivity index (χ0n) is 5.84. The van der Waals surface area contributed by atoms with Crippen LogP contribution in [0.1, 0.15) is 19.8 Å². The van der Waals surface area contributed by atoms with Crippen molar-refractivity contribution in [1.29, 1.82) is 0 Å². The molecule has 0 aliphatic carbocycles. The lowest BCUT2D eigenvalue weighted by atomic mass is 10.4. The third-order valence-electron chi connectivity index (χ3n) is 0.988. The highest BCUT2D eigenvalue weighted by molar-refractivity contribution is 4.69. The van der Waals surface area contributed by atoms with Crippen molar-refractivity contribution in [3.8, 4) is 0 Å². The third kappa shape index (κ3) is 5.53. The molecule has 0 rings (SSSR count). The number of aliphatic hydroxyl groups excluding tert-OH is 1. The topological polar surface area (TPSA) is 29.5 Å². The van der Waals surface area contributed by atoms with Gasteiger partial charge in [0.15, 0.2) is 6.29 Å². The van der Waals surface area contributed by atoms with E-state index in [0.29, 0.717) is 6.61 Å². The fourth-order valence-corrected chi connectivity index (χ4v) is 0.416. The number of aliphatic hydroxyl groups is 1. The second kappa shape index (κ2) is 5.79. The van der Waals surface area contributed by atoms with Gasteiger partial charge in [-0.15, -0.1) is 0 Å². The summed E-state index contributed by atoms with van der Waals surface area (Å²) in [7, 11) is 0. The van der Waals surface area contributed by atoms with E-state index in [1.54, 1.807) is 0 Å². The zero-order chi connectivity index (χ0) is 7.11. The van der Waals surface area contributed by atoms with Crippen LogP contribution < -0.4 is 0 Å². The van der Waals surface area contributed by atoms with Gasteiger partial charge in [-0.05, 0) is 12.5 Å². The lowest BCUT2D eigenvalue weighted by Crippen LogP contribution is -2.08. The van der Waals surface area contributed by atoms with E-state index in [1.807, 2.05) is 0 Å². The third-order valence-corrected chi connectivity index (χ3v) is 0.988. The molecule has 0 heterocycles. The van der Waals surface area contributed by atoms with Crippen molar-refractivity contribution >= 4 is 0 Å². The van der Waals surface area contributed by atoms with Crippen LogP contribution in [0.3, 0.4) is 0 Å². The van der Waals surface area contributed by atoms with Crippen LogP contribution >= 0.6 is 0 Å². The maximum absolute atomic E-state index is 8.74. The average Bonchev–Trinajstić information content (AvgIpc) is 1.89. The highest BCUT2D eigenvalue weighted by Crippen LogP contribution is 1.92. The van der Waals surface area contributed by atoms with E-state index in [-0.39, 0.29) is 0 Å². The van der Waals surface area contributed by atoms with E-state index in [1.165, 1.54) is 6.08 Å². The molecule has 0 radical (unpaired) electrons. The molecule has 2 heteroatoms. The predicted octanol–water partition coefficient (Wildman–Crippen LogP) is 1.31. The summed E-state index contributed by atoms with van der Waals surface area (Å²) in [5.74, 6) is 0. The molecule has 0 aliphatic rings. The number of hydrogen-bond donors (Lipinski definition) is 1. The van der Waals surface area contributed by atoms with Gasteiger partial charge in [-0.2, -0.15) is 0 Å². The largest absolute Gasteiger partial charge is 0.365 e. The minimum absolute atomic E-state index is 0.615. The summed E-state index contributed by atoms with van der Waals surface area (Å²) in [4.78, 5) is 0. The highest BCUT2D eigenvalue weighted by Gasteiger charge is 1.93. The first-order valence-corrected chi connectivity index (χ1v) is 3.23. The molecule has 0 spiro atoms. The van der Waals surface area contributed by atoms with E-state index in [0.717, 1.165) is 12.8 Å². The first-order chi connectivity index (χ1) is 4.31. The van der Waals surface area contributed by atoms with E-state index >= 15 is 0 Å². The molecule has 0 amide bonds. The van der Waals surface area contributed by atoms with Crippen molar-refractivity contribution < 1.29 is 9.84 Å². The lowest BCUT2D eigenvalue weighted by Gasteiger charge is -2.04. The minimum Gasteiger partial charge on any atom is -0.365 e. The first-order valence-electron chi connectivity index (χ1n) is 3.23. The molecular weight excluding hydrogens is 116 g/mol. The maximum atomic E-state index is 8.74. The summed E-state index contributed by atoms with van der Waals surface area (Å²) in [6.45, 7) is 6.05. The molecule has 1 atom stereocenters. The van der Waals surface area contributed by atoms with Crippen LogP contribution in [0.5, 0.6) is 0 Å². The number of unbranched alkanes of at least 4 members (excludes halogenated alkanes) is 1. The van der Waals surface area contributed by atoms with Crippen LogP contribution in [0, 0.1) is 0 Å². The molecule has 0 bridgehead atoms. The Bertz CT molecular complexity index is 71.3. The van der Waals surface area contributed by atoms with Crippen LogP contribution in [-0.2, 0) is 4.74 Å². The number of hydrogen-bond acceptors (Lipinski definition) is 2. The summed E-state index contributed by atoms with van der Waals surface area (Å²) in [5.41, 5.74) is 0. The van der Waals surface area contributed by atoms with Crippen LogP contribution in [0.15, 0.2) is 12.7 Å². The van der Waals surface area contributed by atoms with E-state index in [2.05, 4.69) is 13.5 Å². The fraction of sp³-hybridized carbons (Fsp3) is 0.714. The fourth-order valence-electron chi connectivity index (χ4n) is 0.416. The molecule has 0 aromatic carbocycles. The van der Waals surface area contributed by atoms with Gasteiger partial charge in [0.2, 0.25) is 0 Å². The maximum Gasteiger partial charge on any atom is 0.173 e. The van der Waals surface area contributed by atoms with Crippen molar-refractivity contribution in [2.24, 2.45) is 0 Å². The van der Waals surface area contributed by atoms with E-state index < -0.39 is 6.29 Å². The quantitative estimate of drug-likeness (QED) is 0.345. The van der Waals surface area contributed by atoms with E-state index in [4.69, 9.17) is 9.84 Å². The van der Waals surface area contributed by atoms with E-state index in [9.17, 15) is 0 Å². The zero-order valence-corrected chi connectivity index (χ0v) is 5.84. The van der Waals surface area contributed by atoms with Crippen molar-refractivity contribution in [2.75, 3.05) is 6.61 Å². The van der Waals surface area contributed by atoms with Gasteiger partial charge in [0, 0.05) is 0 Å². The Morgan fingerprint density at radius 3 is 2.89 bits per heavy atom. The van der Waals surface area contributed by atoms with Crippen molar-refractivity contribution in [1.82, 2.24) is 0 Å². The van der Waals surface area contributed by atoms with Crippen LogP contribution in [-0.4, -0.2) is 18.0 Å². The monoisotopic (exact) mass is 130 g/mol. The van der Waals surface area contributed by atoms with Gasteiger partial charge in [-0.1, -0.05) is 19.9 Å². The van der Waals surface area contributed by atoms with Gasteiger partial charge in [0.05, 0.1) is 6.61 Å². The second-order valence-corrected chi connectivity index (χ2v) is 1.85. The van der Waals surface area contributed by atoms with Crippen LogP contribution in [0.25, 0.3) is 0 Å². The van der Waals surface area contributed by atoms with Crippen molar-refractivity contribution in [2.45, 2.75) is 26.1 Å². The van der Waals surface area contributed by atoms with Crippen molar-refractivity contribution in [3.05, 3.63) is 12.7 Å². The molecule has 0 aromatic heterocycles. The molecule has 0 aliphatic heterocycles. The van der Waals surface area contributed by atoms with Crippen molar-refractivity contribution in [3.63, 3.8) is 0 Å². The Hall–Kier alpha value is -0.340. The molecule has 1 N–H and O–H groups in total. The summed E-state index contributed by atoms with van der Waals surface area (Å²) in [6.07, 6.45) is 2.67. The molecule has 2 nitrogen and oxygen atoms in total. The molecule has 0 saturated heterocycles. The standard InChI is InChI=1S/C7H14O2/c1-3-5-6-9-7(8)4-2/h4,7-8H,2-3,5-6H2,1H3/t7-/m1/s1. The average molecular weight is 130 g/mol. The summed E-state index contributed by atoms with van der Waals surface area (Å²) >= 11 is 0. The molecule has 0 saturated carbocycles. The summed E-state index contributed by atoms with van der Waals surface area (Å²) in [6, 6.07) is 0. The molecule has 0 unspecified atom stereocenters. The minimum atomic E-state index is -0.781. The van der Waals surface area contributed by atoms with Gasteiger partial charge in [0.25, 0.3) is 0 Å². The van der Waals surface area contributed by atoms with Gasteiger partial charge in [-0.25, -0.2) is 0 Å². The molecule has 0 aromatic rings. The highest BCUT2D eigenvalue weighted by atomic mass is 16.6. The molecular formula is C7H14O2. The number of ether oxygens (including phenoxy) is 1. The van der Waals surface area contributed by atoms with Crippen LogP contribution in [0.4, 0.5) is 0 Å². The normalized spacial score (nSPS) is 13.1. The summed E-state index contributed by atoms with van der Waals surface area (Å²) in [5, 5.41) is 8.74.